The topological polar surface area (TPSA) is 20.3 Å². The van der Waals surface area contributed by atoms with E-state index in [-0.39, 0.29) is 11.3 Å². The maximum Gasteiger partial charge on any atom is 0.232 e. The Morgan fingerprint density at radius 1 is 1.25 bits per heavy atom. The monoisotopic (exact) mass is 217 g/mol. The molecule has 0 aliphatic carbocycles. The van der Waals surface area contributed by atoms with E-state index in [4.69, 9.17) is 0 Å². The second-order valence-electron chi connectivity index (χ2n) is 5.44. The Kier molecular flexibility index (Phi) is 2.75. The molecule has 0 N–H and O–H groups in total. The van der Waals surface area contributed by atoms with Crippen LogP contribution in [0, 0.1) is 5.41 Å². The molecule has 1 aliphatic heterocycles. The van der Waals surface area contributed by atoms with E-state index in [1.807, 2.05) is 37.8 Å². The smallest absolute Gasteiger partial charge is 0.232 e. The van der Waals surface area contributed by atoms with Gasteiger partial charge in [-0.1, -0.05) is 39.0 Å². The van der Waals surface area contributed by atoms with Gasteiger partial charge in [0.15, 0.2) is 0 Å². The Bertz CT molecular complexity index is 403. The molecule has 0 unspecified atom stereocenters. The maximum atomic E-state index is 12.3. The van der Waals surface area contributed by atoms with Gasteiger partial charge in [-0.05, 0) is 24.5 Å². The predicted molar refractivity (Wildman–Crippen MR) is 66.6 cm³/mol. The van der Waals surface area contributed by atoms with E-state index >= 15 is 0 Å². The van der Waals surface area contributed by atoms with Crippen LogP contribution in [0.25, 0.3) is 0 Å². The Morgan fingerprint density at radius 3 is 2.62 bits per heavy atom. The molecular formula is C14H19NO. The average Bonchev–Trinajstić information content (AvgIpc) is 2.26. The van der Waals surface area contributed by atoms with Crippen LogP contribution in [0.4, 0.5) is 5.69 Å². The number of rotatable bonds is 0. The Hall–Kier alpha value is -1.31. The first-order valence-electron chi connectivity index (χ1n) is 5.90. The third-order valence-corrected chi connectivity index (χ3v) is 3.00. The van der Waals surface area contributed by atoms with Gasteiger partial charge in [-0.2, -0.15) is 0 Å². The van der Waals surface area contributed by atoms with Crippen LogP contribution in [0.15, 0.2) is 24.3 Å². The normalized spacial score (nSPS) is 15.8. The van der Waals surface area contributed by atoms with Crippen LogP contribution < -0.4 is 4.90 Å². The quantitative estimate of drug-likeness (QED) is 0.654. The van der Waals surface area contributed by atoms with Gasteiger partial charge in [0.2, 0.25) is 5.91 Å². The number of benzene rings is 1. The lowest BCUT2D eigenvalue weighted by atomic mass is 9.92. The first-order valence-corrected chi connectivity index (χ1v) is 5.90. The molecule has 1 aromatic rings. The number of para-hydroxylation sites is 1. The SMILES string of the molecule is CC(C)(C)C(=O)N1CCCc2ccccc21. The second kappa shape index (κ2) is 3.93. The predicted octanol–water partition coefficient (Wildman–Crippen LogP) is 3.01. The Labute approximate surface area is 97.3 Å². The highest BCUT2D eigenvalue weighted by Gasteiger charge is 2.30. The first-order chi connectivity index (χ1) is 7.50. The highest BCUT2D eigenvalue weighted by Crippen LogP contribution is 2.30. The third-order valence-electron chi connectivity index (χ3n) is 3.00. The van der Waals surface area contributed by atoms with Gasteiger partial charge in [0.25, 0.3) is 0 Å². The Balaban J connectivity index is 2.36. The number of carbonyl (C=O) groups excluding carboxylic acids is 1. The molecule has 2 heteroatoms. The van der Waals surface area contributed by atoms with Crippen molar-refractivity contribution in [2.75, 3.05) is 11.4 Å². The molecule has 1 amide bonds. The molecule has 1 aromatic carbocycles. The fourth-order valence-corrected chi connectivity index (χ4v) is 2.15. The molecule has 16 heavy (non-hydrogen) atoms. The number of carbonyl (C=O) groups is 1. The van der Waals surface area contributed by atoms with E-state index in [0.29, 0.717) is 0 Å². The first kappa shape index (κ1) is 11.2. The molecule has 1 aliphatic rings. The molecule has 86 valence electrons. The molecule has 2 nitrogen and oxygen atoms in total. The second-order valence-corrected chi connectivity index (χ2v) is 5.44. The summed E-state index contributed by atoms with van der Waals surface area (Å²) in [5, 5.41) is 0. The van der Waals surface area contributed by atoms with Crippen LogP contribution in [0.3, 0.4) is 0 Å². The van der Waals surface area contributed by atoms with E-state index < -0.39 is 0 Å². The number of hydrogen-bond acceptors (Lipinski definition) is 1. The average molecular weight is 217 g/mol. The summed E-state index contributed by atoms with van der Waals surface area (Å²) in [6.07, 6.45) is 2.16. The summed E-state index contributed by atoms with van der Waals surface area (Å²) in [5.74, 6) is 0.222. The summed E-state index contributed by atoms with van der Waals surface area (Å²) in [7, 11) is 0. The minimum atomic E-state index is -0.301. The van der Waals surface area contributed by atoms with E-state index in [2.05, 4.69) is 12.1 Å². The van der Waals surface area contributed by atoms with Crippen molar-refractivity contribution in [2.45, 2.75) is 33.6 Å². The van der Waals surface area contributed by atoms with E-state index in [0.717, 1.165) is 25.1 Å². The van der Waals surface area contributed by atoms with Crippen LogP contribution in [-0.2, 0) is 11.2 Å². The molecular weight excluding hydrogens is 198 g/mol. The van der Waals surface area contributed by atoms with Crippen molar-refractivity contribution in [3.63, 3.8) is 0 Å². The zero-order valence-electron chi connectivity index (χ0n) is 10.3. The molecule has 0 saturated heterocycles. The van der Waals surface area contributed by atoms with Gasteiger partial charge in [0, 0.05) is 17.6 Å². The molecule has 0 fully saturated rings. The number of hydrogen-bond donors (Lipinski definition) is 0. The fourth-order valence-electron chi connectivity index (χ4n) is 2.15. The zero-order valence-corrected chi connectivity index (χ0v) is 10.3. The number of aryl methyl sites for hydroxylation is 1. The van der Waals surface area contributed by atoms with Gasteiger partial charge in [0.1, 0.15) is 0 Å². The summed E-state index contributed by atoms with van der Waals surface area (Å²) in [5.41, 5.74) is 2.10. The molecule has 0 spiro atoms. The summed E-state index contributed by atoms with van der Waals surface area (Å²) < 4.78 is 0. The van der Waals surface area contributed by atoms with Crippen molar-refractivity contribution in [1.29, 1.82) is 0 Å². The number of fused-ring (bicyclic) bond motifs is 1. The van der Waals surface area contributed by atoms with Gasteiger partial charge < -0.3 is 4.90 Å². The number of anilines is 1. The summed E-state index contributed by atoms with van der Waals surface area (Å²) >= 11 is 0. The standard InChI is InChI=1S/C14H19NO/c1-14(2,3)13(16)15-10-6-8-11-7-4-5-9-12(11)15/h4-5,7,9H,6,8,10H2,1-3H3. The van der Waals surface area contributed by atoms with Crippen molar-refractivity contribution < 1.29 is 4.79 Å². The summed E-state index contributed by atoms with van der Waals surface area (Å²) in [6, 6.07) is 8.23. The summed E-state index contributed by atoms with van der Waals surface area (Å²) in [4.78, 5) is 14.3. The molecule has 2 rings (SSSR count). The van der Waals surface area contributed by atoms with Crippen molar-refractivity contribution in [3.05, 3.63) is 29.8 Å². The summed E-state index contributed by atoms with van der Waals surface area (Å²) in [6.45, 7) is 6.79. The maximum absolute atomic E-state index is 12.3. The zero-order chi connectivity index (χ0) is 11.8. The van der Waals surface area contributed by atoms with Crippen LogP contribution in [0.1, 0.15) is 32.8 Å². The molecule has 1 heterocycles. The van der Waals surface area contributed by atoms with Crippen molar-refractivity contribution in [3.8, 4) is 0 Å². The van der Waals surface area contributed by atoms with Crippen molar-refractivity contribution in [2.24, 2.45) is 5.41 Å². The molecule has 0 saturated carbocycles. The third kappa shape index (κ3) is 1.97. The fraction of sp³-hybridized carbons (Fsp3) is 0.500. The van der Waals surface area contributed by atoms with Crippen LogP contribution >= 0.6 is 0 Å². The van der Waals surface area contributed by atoms with Crippen LogP contribution in [0.5, 0.6) is 0 Å². The van der Waals surface area contributed by atoms with Crippen molar-refractivity contribution in [1.82, 2.24) is 0 Å². The molecule has 0 bridgehead atoms. The largest absolute Gasteiger partial charge is 0.312 e. The molecule has 0 aromatic heterocycles. The van der Waals surface area contributed by atoms with Gasteiger partial charge >= 0.3 is 0 Å². The number of amides is 1. The highest BCUT2D eigenvalue weighted by atomic mass is 16.2. The lowest BCUT2D eigenvalue weighted by Gasteiger charge is -2.34. The van der Waals surface area contributed by atoms with Gasteiger partial charge in [0.05, 0.1) is 0 Å². The minimum Gasteiger partial charge on any atom is -0.312 e. The lowest BCUT2D eigenvalue weighted by molar-refractivity contribution is -0.125. The molecule has 0 radical (unpaired) electrons. The van der Waals surface area contributed by atoms with Gasteiger partial charge in [-0.3, -0.25) is 4.79 Å². The van der Waals surface area contributed by atoms with Gasteiger partial charge in [-0.15, -0.1) is 0 Å². The minimum absolute atomic E-state index is 0.222. The van der Waals surface area contributed by atoms with Crippen LogP contribution in [-0.4, -0.2) is 12.5 Å². The highest BCUT2D eigenvalue weighted by molar-refractivity contribution is 5.97. The van der Waals surface area contributed by atoms with Crippen LogP contribution in [0.2, 0.25) is 0 Å². The lowest BCUT2D eigenvalue weighted by Crippen LogP contribution is -2.42. The van der Waals surface area contributed by atoms with Gasteiger partial charge in [-0.25, -0.2) is 0 Å². The van der Waals surface area contributed by atoms with E-state index in [1.165, 1.54) is 5.56 Å². The van der Waals surface area contributed by atoms with E-state index in [1.54, 1.807) is 0 Å². The number of nitrogens with zero attached hydrogens (tertiary/aromatic N) is 1. The Morgan fingerprint density at radius 2 is 1.94 bits per heavy atom. The molecule has 0 atom stereocenters. The van der Waals surface area contributed by atoms with E-state index in [9.17, 15) is 4.79 Å². The van der Waals surface area contributed by atoms with Crippen molar-refractivity contribution >= 4 is 11.6 Å².